The van der Waals surface area contributed by atoms with Gasteiger partial charge < -0.3 is 5.32 Å². The largest absolute Gasteiger partial charge is 0.391 e. The van der Waals surface area contributed by atoms with Crippen LogP contribution >= 0.6 is 0 Å². The molecule has 0 aliphatic carbocycles. The van der Waals surface area contributed by atoms with Crippen LogP contribution in [-0.4, -0.2) is 6.54 Å². The van der Waals surface area contributed by atoms with Gasteiger partial charge in [0.1, 0.15) is 0 Å². The smallest absolute Gasteiger partial charge is 0.0113 e. The molecule has 0 unspecified atom stereocenters. The molecule has 1 heteroatoms. The van der Waals surface area contributed by atoms with Crippen molar-refractivity contribution in [1.29, 1.82) is 0 Å². The topological polar surface area (TPSA) is 12.0 Å². The lowest BCUT2D eigenvalue weighted by atomic mass is 10.6. The van der Waals surface area contributed by atoms with E-state index in [9.17, 15) is 0 Å². The van der Waals surface area contributed by atoms with Gasteiger partial charge in [-0.25, -0.2) is 0 Å². The highest BCUT2D eigenvalue weighted by Crippen LogP contribution is 1.59. The Hall–Kier alpha value is -0.900. The lowest BCUT2D eigenvalue weighted by Gasteiger charge is -1.85. The Balaban J connectivity index is 2.97. The van der Waals surface area contributed by atoms with Crippen molar-refractivity contribution in [2.45, 2.75) is 6.92 Å². The Morgan fingerprint density at radius 1 is 1.86 bits per heavy atom. The van der Waals surface area contributed by atoms with E-state index in [0.29, 0.717) is 0 Å². The molecule has 0 aromatic carbocycles. The summed E-state index contributed by atoms with van der Waals surface area (Å²) in [5.74, 6) is 2.36. The first-order chi connectivity index (χ1) is 3.41. The second kappa shape index (κ2) is 5.10. The molecule has 0 atom stereocenters. The third-order valence-corrected chi connectivity index (χ3v) is 0.502. The van der Waals surface area contributed by atoms with E-state index in [1.165, 1.54) is 0 Å². The number of hydrogen-bond acceptors (Lipinski definition) is 1. The molecule has 1 N–H and O–H groups in total. The first kappa shape index (κ1) is 6.10. The van der Waals surface area contributed by atoms with Crippen molar-refractivity contribution in [3.8, 4) is 12.3 Å². The fraction of sp³-hybridized carbons (Fsp3) is 0.333. The maximum Gasteiger partial charge on any atom is 0.0113 e. The summed E-state index contributed by atoms with van der Waals surface area (Å²) in [5.41, 5.74) is 0. The summed E-state index contributed by atoms with van der Waals surface area (Å²) in [6.45, 7) is 2.94. The summed E-state index contributed by atoms with van der Waals surface area (Å²) in [4.78, 5) is 0. The van der Waals surface area contributed by atoms with Crippen molar-refractivity contribution in [1.82, 2.24) is 5.32 Å². The van der Waals surface area contributed by atoms with Crippen molar-refractivity contribution in [2.75, 3.05) is 6.54 Å². The summed E-state index contributed by atoms with van der Waals surface area (Å²) in [7, 11) is 0. The lowest BCUT2D eigenvalue weighted by molar-refractivity contribution is 0.920. The number of allylic oxidation sites excluding steroid dienone is 1. The van der Waals surface area contributed by atoms with E-state index < -0.39 is 0 Å². The van der Waals surface area contributed by atoms with Crippen LogP contribution in [0.1, 0.15) is 6.92 Å². The molecule has 0 spiro atoms. The first-order valence-corrected chi connectivity index (χ1v) is 2.26. The van der Waals surface area contributed by atoms with Gasteiger partial charge in [0, 0.05) is 18.8 Å². The molecule has 0 aromatic heterocycles. The Kier molecular flexibility index (Phi) is 4.44. The van der Waals surface area contributed by atoms with Crippen LogP contribution in [0.4, 0.5) is 0 Å². The molecule has 0 rings (SSSR count). The minimum atomic E-state index is 0.929. The van der Waals surface area contributed by atoms with E-state index in [2.05, 4.69) is 11.2 Å². The molecule has 0 bridgehead atoms. The molecular formula is C6H9N. The van der Waals surface area contributed by atoms with Gasteiger partial charge in [0.25, 0.3) is 0 Å². The van der Waals surface area contributed by atoms with Gasteiger partial charge in [0.15, 0.2) is 0 Å². The number of nitrogens with one attached hydrogen (secondary N) is 1. The molecule has 38 valence electrons. The fourth-order valence-corrected chi connectivity index (χ4v) is 0.225. The molecule has 1 nitrogen and oxygen atoms in total. The molecule has 0 aliphatic heterocycles. The number of terminal acetylenes is 1. The Morgan fingerprint density at radius 2 is 2.57 bits per heavy atom. The fourth-order valence-electron chi connectivity index (χ4n) is 0.225. The quantitative estimate of drug-likeness (QED) is 0.499. The maximum atomic E-state index is 4.89. The highest BCUT2D eigenvalue weighted by atomic mass is 14.8. The van der Waals surface area contributed by atoms with Crippen molar-refractivity contribution in [3.63, 3.8) is 0 Å². The summed E-state index contributed by atoms with van der Waals surface area (Å²) in [6, 6.07) is 0. The second-order valence-electron chi connectivity index (χ2n) is 1.06. The predicted molar refractivity (Wildman–Crippen MR) is 31.6 cm³/mol. The molecule has 0 radical (unpaired) electrons. The third-order valence-electron chi connectivity index (χ3n) is 0.502. The Morgan fingerprint density at radius 3 is 3.00 bits per heavy atom. The second-order valence-corrected chi connectivity index (χ2v) is 1.06. The van der Waals surface area contributed by atoms with Gasteiger partial charge in [-0.15, -0.1) is 6.42 Å². The monoisotopic (exact) mass is 95.1 g/mol. The highest BCUT2D eigenvalue weighted by molar-refractivity contribution is 5.07. The van der Waals surface area contributed by atoms with Gasteiger partial charge in [0.2, 0.25) is 0 Å². The molecule has 0 aromatic rings. The molecule has 0 saturated heterocycles. The highest BCUT2D eigenvalue weighted by Gasteiger charge is 1.60. The van der Waals surface area contributed by atoms with Gasteiger partial charge in [-0.1, -0.05) is 5.92 Å². The van der Waals surface area contributed by atoms with Gasteiger partial charge in [0.05, 0.1) is 0 Å². The first-order valence-electron chi connectivity index (χ1n) is 2.26. The minimum absolute atomic E-state index is 0.929. The average molecular weight is 95.1 g/mol. The van der Waals surface area contributed by atoms with E-state index >= 15 is 0 Å². The predicted octanol–water partition coefficient (Wildman–Crippen LogP) is 0.743. The molecule has 0 fully saturated rings. The molecule has 0 aliphatic rings. The summed E-state index contributed by atoms with van der Waals surface area (Å²) in [5, 5.41) is 2.93. The summed E-state index contributed by atoms with van der Waals surface area (Å²) >= 11 is 0. The van der Waals surface area contributed by atoms with Crippen LogP contribution in [-0.2, 0) is 0 Å². The Bertz CT molecular complexity index is 86.8. The van der Waals surface area contributed by atoms with E-state index in [-0.39, 0.29) is 0 Å². The van der Waals surface area contributed by atoms with Gasteiger partial charge in [-0.2, -0.15) is 0 Å². The van der Waals surface area contributed by atoms with Gasteiger partial charge in [-0.05, 0) is 6.92 Å². The Labute approximate surface area is 44.4 Å². The molecular weight excluding hydrogens is 86.1 g/mol. The van der Waals surface area contributed by atoms with Crippen LogP contribution in [0.25, 0.3) is 0 Å². The standard InChI is InChI=1S/C6H9N/c1-3-5-6-7-4-2/h1,5-7H,4H2,2H3/b6-5+. The summed E-state index contributed by atoms with van der Waals surface area (Å²) < 4.78 is 0. The van der Waals surface area contributed by atoms with E-state index in [0.717, 1.165) is 6.54 Å². The van der Waals surface area contributed by atoms with E-state index in [1.54, 1.807) is 12.3 Å². The molecule has 0 amide bonds. The van der Waals surface area contributed by atoms with Crippen LogP contribution < -0.4 is 5.32 Å². The van der Waals surface area contributed by atoms with Crippen molar-refractivity contribution in [2.24, 2.45) is 0 Å². The van der Waals surface area contributed by atoms with Crippen molar-refractivity contribution in [3.05, 3.63) is 12.3 Å². The van der Waals surface area contributed by atoms with E-state index in [4.69, 9.17) is 6.42 Å². The van der Waals surface area contributed by atoms with Crippen LogP contribution in [0.5, 0.6) is 0 Å². The zero-order chi connectivity index (χ0) is 5.54. The third kappa shape index (κ3) is 5.10. The minimum Gasteiger partial charge on any atom is -0.391 e. The zero-order valence-corrected chi connectivity index (χ0v) is 4.44. The zero-order valence-electron chi connectivity index (χ0n) is 4.44. The molecule has 7 heavy (non-hydrogen) atoms. The lowest BCUT2D eigenvalue weighted by Crippen LogP contribution is -2.00. The van der Waals surface area contributed by atoms with Crippen LogP contribution in [0.3, 0.4) is 0 Å². The van der Waals surface area contributed by atoms with Crippen LogP contribution in [0.2, 0.25) is 0 Å². The van der Waals surface area contributed by atoms with E-state index in [1.807, 2.05) is 6.92 Å². The molecule has 0 heterocycles. The van der Waals surface area contributed by atoms with Crippen LogP contribution in [0, 0.1) is 12.3 Å². The van der Waals surface area contributed by atoms with Gasteiger partial charge in [-0.3, -0.25) is 0 Å². The summed E-state index contributed by atoms with van der Waals surface area (Å²) in [6.07, 6.45) is 8.27. The van der Waals surface area contributed by atoms with Crippen LogP contribution in [0.15, 0.2) is 12.3 Å². The molecule has 0 saturated carbocycles. The maximum absolute atomic E-state index is 4.89. The SMILES string of the molecule is C#C/C=C/NCC. The normalized spacial score (nSPS) is 8.57. The van der Waals surface area contributed by atoms with Crippen molar-refractivity contribution >= 4 is 0 Å². The number of rotatable bonds is 2. The number of hydrogen-bond donors (Lipinski definition) is 1. The van der Waals surface area contributed by atoms with Gasteiger partial charge >= 0.3 is 0 Å². The van der Waals surface area contributed by atoms with Crippen molar-refractivity contribution < 1.29 is 0 Å². The average Bonchev–Trinajstić information content (AvgIpc) is 1.69.